The molecule has 0 saturated carbocycles. The van der Waals surface area contributed by atoms with E-state index in [1.807, 2.05) is 4.90 Å². The summed E-state index contributed by atoms with van der Waals surface area (Å²) in [5, 5.41) is 0. The Labute approximate surface area is 109 Å². The number of rotatable bonds is 5. The normalized spacial score (nSPS) is 18.4. The van der Waals surface area contributed by atoms with Gasteiger partial charge in [0.05, 0.1) is 6.04 Å². The summed E-state index contributed by atoms with van der Waals surface area (Å²) in [6.07, 6.45) is 3.51. The molecule has 1 atom stereocenters. The maximum Gasteiger partial charge on any atom is 0.239 e. The third-order valence-electron chi connectivity index (χ3n) is 3.38. The first kappa shape index (κ1) is 14.8. The molecule has 0 radical (unpaired) electrons. The number of piperidine rings is 1. The van der Waals surface area contributed by atoms with Gasteiger partial charge in [0.1, 0.15) is 0 Å². The molecule has 1 amide bonds. The summed E-state index contributed by atoms with van der Waals surface area (Å²) >= 11 is 0. The number of carbonyl (C=O) groups is 1. The smallest absolute Gasteiger partial charge is 0.239 e. The van der Waals surface area contributed by atoms with Crippen LogP contribution in [-0.2, 0) is 4.79 Å². The minimum absolute atomic E-state index is 0.0617. The van der Waals surface area contributed by atoms with Crippen LogP contribution < -0.4 is 17.2 Å². The lowest BCUT2D eigenvalue weighted by Gasteiger charge is -2.32. The van der Waals surface area contributed by atoms with Gasteiger partial charge in [0.2, 0.25) is 5.91 Å². The highest BCUT2D eigenvalue weighted by Crippen LogP contribution is 2.16. The second-order valence-corrected chi connectivity index (χ2v) is 5.06. The first-order valence-electron chi connectivity index (χ1n) is 6.60. The molecule has 1 heterocycles. The quantitative estimate of drug-likeness (QED) is 0.353. The fourth-order valence-corrected chi connectivity index (χ4v) is 2.11. The van der Waals surface area contributed by atoms with Crippen molar-refractivity contribution >= 4 is 11.9 Å². The summed E-state index contributed by atoms with van der Waals surface area (Å²) in [5.74, 6) is 0.860. The van der Waals surface area contributed by atoms with Crippen LogP contribution in [0, 0.1) is 5.92 Å². The molecule has 1 aliphatic rings. The Morgan fingerprint density at radius 1 is 1.39 bits per heavy atom. The van der Waals surface area contributed by atoms with Gasteiger partial charge < -0.3 is 22.1 Å². The van der Waals surface area contributed by atoms with Crippen molar-refractivity contribution in [3.63, 3.8) is 0 Å². The summed E-state index contributed by atoms with van der Waals surface area (Å²) in [6.45, 7) is 4.42. The highest BCUT2D eigenvalue weighted by molar-refractivity contribution is 5.81. The van der Waals surface area contributed by atoms with E-state index in [0.29, 0.717) is 18.9 Å². The molecule has 1 saturated heterocycles. The molecular formula is C12H25N5O. The molecule has 104 valence electrons. The van der Waals surface area contributed by atoms with Crippen molar-refractivity contribution in [1.82, 2.24) is 4.90 Å². The van der Waals surface area contributed by atoms with Gasteiger partial charge in [-0.1, -0.05) is 6.92 Å². The minimum atomic E-state index is -0.424. The van der Waals surface area contributed by atoms with E-state index in [-0.39, 0.29) is 11.9 Å². The van der Waals surface area contributed by atoms with Gasteiger partial charge in [-0.25, -0.2) is 0 Å². The third kappa shape index (κ3) is 4.91. The molecule has 0 unspecified atom stereocenters. The number of carbonyl (C=O) groups excluding carboxylic acids is 1. The predicted octanol–water partition coefficient (Wildman–Crippen LogP) is -0.374. The van der Waals surface area contributed by atoms with Crippen LogP contribution in [0.1, 0.15) is 32.6 Å². The molecule has 0 aromatic rings. The van der Waals surface area contributed by atoms with Gasteiger partial charge in [-0.3, -0.25) is 9.79 Å². The van der Waals surface area contributed by atoms with Gasteiger partial charge >= 0.3 is 0 Å². The van der Waals surface area contributed by atoms with Crippen molar-refractivity contribution in [1.29, 1.82) is 0 Å². The fourth-order valence-electron chi connectivity index (χ4n) is 2.11. The second-order valence-electron chi connectivity index (χ2n) is 5.06. The van der Waals surface area contributed by atoms with Gasteiger partial charge in [-0.2, -0.15) is 0 Å². The molecule has 0 aromatic heterocycles. The topological polar surface area (TPSA) is 111 Å². The van der Waals surface area contributed by atoms with Gasteiger partial charge in [-0.05, 0) is 31.6 Å². The molecule has 1 rings (SSSR count). The molecule has 6 N–H and O–H groups in total. The fraction of sp³-hybridized carbons (Fsp3) is 0.833. The Hall–Kier alpha value is -1.30. The Kier molecular flexibility index (Phi) is 5.91. The zero-order valence-corrected chi connectivity index (χ0v) is 11.1. The van der Waals surface area contributed by atoms with E-state index >= 15 is 0 Å². The summed E-state index contributed by atoms with van der Waals surface area (Å²) in [7, 11) is 0. The van der Waals surface area contributed by atoms with E-state index in [9.17, 15) is 4.79 Å². The number of guanidine groups is 1. The lowest BCUT2D eigenvalue weighted by atomic mass is 9.98. The monoisotopic (exact) mass is 255 g/mol. The van der Waals surface area contributed by atoms with E-state index in [4.69, 9.17) is 17.2 Å². The summed E-state index contributed by atoms with van der Waals surface area (Å²) in [6, 6.07) is -0.424. The Morgan fingerprint density at radius 3 is 2.56 bits per heavy atom. The van der Waals surface area contributed by atoms with Crippen LogP contribution in [0.2, 0.25) is 0 Å². The largest absolute Gasteiger partial charge is 0.370 e. The molecule has 6 heteroatoms. The molecule has 0 aliphatic carbocycles. The van der Waals surface area contributed by atoms with Crippen molar-refractivity contribution < 1.29 is 4.79 Å². The van der Waals surface area contributed by atoms with E-state index in [1.165, 1.54) is 0 Å². The zero-order valence-electron chi connectivity index (χ0n) is 11.1. The van der Waals surface area contributed by atoms with Gasteiger partial charge in [-0.15, -0.1) is 0 Å². The SMILES string of the molecule is CC1CCN(C(=O)[C@H](N)CCCN=C(N)N)CC1. The Balaban J connectivity index is 2.26. The number of likely N-dealkylation sites (tertiary alicyclic amines) is 1. The molecule has 0 bridgehead atoms. The summed E-state index contributed by atoms with van der Waals surface area (Å²) in [5.41, 5.74) is 16.3. The maximum absolute atomic E-state index is 12.0. The highest BCUT2D eigenvalue weighted by atomic mass is 16.2. The first-order valence-corrected chi connectivity index (χ1v) is 6.60. The average Bonchev–Trinajstić information content (AvgIpc) is 2.34. The molecular weight excluding hydrogens is 230 g/mol. The first-order chi connectivity index (χ1) is 8.50. The van der Waals surface area contributed by atoms with Crippen LogP contribution in [0.4, 0.5) is 0 Å². The van der Waals surface area contributed by atoms with E-state index < -0.39 is 6.04 Å². The zero-order chi connectivity index (χ0) is 13.5. The highest BCUT2D eigenvalue weighted by Gasteiger charge is 2.24. The van der Waals surface area contributed by atoms with Crippen molar-refractivity contribution in [3.8, 4) is 0 Å². The Morgan fingerprint density at radius 2 is 2.00 bits per heavy atom. The van der Waals surface area contributed by atoms with E-state index in [1.54, 1.807) is 0 Å². The molecule has 18 heavy (non-hydrogen) atoms. The summed E-state index contributed by atoms with van der Waals surface area (Å²) < 4.78 is 0. The van der Waals surface area contributed by atoms with Crippen LogP contribution in [0.15, 0.2) is 4.99 Å². The third-order valence-corrected chi connectivity index (χ3v) is 3.38. The van der Waals surface area contributed by atoms with Crippen molar-refractivity contribution in [3.05, 3.63) is 0 Å². The van der Waals surface area contributed by atoms with E-state index in [2.05, 4.69) is 11.9 Å². The summed E-state index contributed by atoms with van der Waals surface area (Å²) in [4.78, 5) is 17.8. The molecule has 0 spiro atoms. The number of aliphatic imine (C=N–C) groups is 1. The van der Waals surface area contributed by atoms with Crippen LogP contribution in [0.3, 0.4) is 0 Å². The number of nitrogens with zero attached hydrogens (tertiary/aromatic N) is 2. The lowest BCUT2D eigenvalue weighted by Crippen LogP contribution is -2.47. The lowest BCUT2D eigenvalue weighted by molar-refractivity contribution is -0.134. The number of nitrogens with two attached hydrogens (primary N) is 3. The number of hydrogen-bond acceptors (Lipinski definition) is 3. The molecule has 6 nitrogen and oxygen atoms in total. The second kappa shape index (κ2) is 7.20. The molecule has 0 aromatic carbocycles. The minimum Gasteiger partial charge on any atom is -0.370 e. The van der Waals surface area contributed by atoms with Crippen LogP contribution >= 0.6 is 0 Å². The van der Waals surface area contributed by atoms with Crippen molar-refractivity contribution in [2.24, 2.45) is 28.1 Å². The van der Waals surface area contributed by atoms with Gasteiger partial charge in [0.15, 0.2) is 5.96 Å². The van der Waals surface area contributed by atoms with Crippen molar-refractivity contribution in [2.75, 3.05) is 19.6 Å². The number of amides is 1. The van der Waals surface area contributed by atoms with Crippen LogP contribution in [0.5, 0.6) is 0 Å². The average molecular weight is 255 g/mol. The maximum atomic E-state index is 12.0. The van der Waals surface area contributed by atoms with Crippen LogP contribution in [-0.4, -0.2) is 42.4 Å². The standard InChI is InChI=1S/C12H25N5O/c1-9-4-7-17(8-5-9)11(18)10(13)3-2-6-16-12(14)15/h9-10H,2-8,13H2,1H3,(H4,14,15,16)/t10-/m1/s1. The predicted molar refractivity (Wildman–Crippen MR) is 72.9 cm³/mol. The van der Waals surface area contributed by atoms with Crippen molar-refractivity contribution in [2.45, 2.75) is 38.6 Å². The number of hydrogen-bond donors (Lipinski definition) is 3. The van der Waals surface area contributed by atoms with Crippen LogP contribution in [0.25, 0.3) is 0 Å². The Bertz CT molecular complexity index is 293. The van der Waals surface area contributed by atoms with E-state index in [0.717, 1.165) is 32.4 Å². The van der Waals surface area contributed by atoms with Gasteiger partial charge in [0, 0.05) is 19.6 Å². The van der Waals surface area contributed by atoms with Gasteiger partial charge in [0.25, 0.3) is 0 Å². The molecule has 1 aliphatic heterocycles. The molecule has 1 fully saturated rings.